The summed E-state index contributed by atoms with van der Waals surface area (Å²) >= 11 is 0. The molecule has 0 bridgehead atoms. The highest BCUT2D eigenvalue weighted by atomic mass is 19.1. The number of hydrogen-bond acceptors (Lipinski definition) is 6. The lowest BCUT2D eigenvalue weighted by atomic mass is 9.98. The molecule has 2 radical (unpaired) electrons. The molecule has 3 N–H and O–H groups in total. The molecular weight excluding hydrogens is 497 g/mol. The SMILES string of the molecule is [B]c1c(OCc2ccc(F)cc2F)nc(C)n(-c2cc(C(=O)NCC(O)C(=O)NC3CC3)ccc2C)c1=O. The molecule has 1 saturated carbocycles. The second-order valence-electron chi connectivity index (χ2n) is 9.05. The summed E-state index contributed by atoms with van der Waals surface area (Å²) in [6, 6.07) is 7.72. The van der Waals surface area contributed by atoms with Crippen LogP contribution in [0.4, 0.5) is 8.78 Å². The number of rotatable bonds is 9. The van der Waals surface area contributed by atoms with Crippen molar-refractivity contribution in [3.8, 4) is 11.6 Å². The Morgan fingerprint density at radius 3 is 2.63 bits per heavy atom. The fourth-order valence-corrected chi connectivity index (χ4v) is 3.70. The van der Waals surface area contributed by atoms with Crippen molar-refractivity contribution in [2.24, 2.45) is 0 Å². The number of aryl methyl sites for hydroxylation is 2. The fourth-order valence-electron chi connectivity index (χ4n) is 3.70. The number of aromatic nitrogens is 2. The van der Waals surface area contributed by atoms with Crippen LogP contribution in [0, 0.1) is 25.5 Å². The van der Waals surface area contributed by atoms with Crippen molar-refractivity contribution in [2.45, 2.75) is 45.4 Å². The zero-order chi connectivity index (χ0) is 27.6. The molecule has 3 aromatic rings. The molecule has 196 valence electrons. The highest BCUT2D eigenvalue weighted by Crippen LogP contribution is 2.19. The number of ether oxygens (including phenoxy) is 1. The van der Waals surface area contributed by atoms with Gasteiger partial charge in [0.05, 0.1) is 12.2 Å². The van der Waals surface area contributed by atoms with Crippen molar-refractivity contribution in [2.75, 3.05) is 6.54 Å². The molecule has 2 aromatic carbocycles. The van der Waals surface area contributed by atoms with Gasteiger partial charge < -0.3 is 20.5 Å². The summed E-state index contributed by atoms with van der Waals surface area (Å²) in [5, 5.41) is 15.2. The zero-order valence-corrected chi connectivity index (χ0v) is 20.8. The summed E-state index contributed by atoms with van der Waals surface area (Å²) in [5.74, 6) is -2.67. The van der Waals surface area contributed by atoms with Crippen LogP contribution in [0.5, 0.6) is 5.88 Å². The Balaban J connectivity index is 1.52. The van der Waals surface area contributed by atoms with Gasteiger partial charge in [-0.05, 0) is 56.5 Å². The third kappa shape index (κ3) is 6.08. The molecule has 1 aliphatic carbocycles. The van der Waals surface area contributed by atoms with Gasteiger partial charge in [-0.25, -0.2) is 13.8 Å². The topological polar surface area (TPSA) is 123 Å². The molecule has 1 atom stereocenters. The molecule has 9 nitrogen and oxygen atoms in total. The smallest absolute Gasteiger partial charge is 0.254 e. The number of aliphatic hydroxyl groups is 1. The van der Waals surface area contributed by atoms with Crippen molar-refractivity contribution < 1.29 is 28.2 Å². The quantitative estimate of drug-likeness (QED) is 0.359. The van der Waals surface area contributed by atoms with E-state index >= 15 is 0 Å². The van der Waals surface area contributed by atoms with Gasteiger partial charge in [-0.3, -0.25) is 19.0 Å². The maximum atomic E-state index is 13.9. The molecule has 0 aliphatic heterocycles. The number of aliphatic hydroxyl groups excluding tert-OH is 1. The molecule has 1 aliphatic rings. The summed E-state index contributed by atoms with van der Waals surface area (Å²) in [5.41, 5.74) is 0.204. The van der Waals surface area contributed by atoms with Crippen molar-refractivity contribution in [3.05, 3.63) is 80.9 Å². The van der Waals surface area contributed by atoms with Crippen LogP contribution in [0.1, 0.15) is 40.2 Å². The Morgan fingerprint density at radius 1 is 1.21 bits per heavy atom. The van der Waals surface area contributed by atoms with Gasteiger partial charge in [-0.1, -0.05) is 6.07 Å². The van der Waals surface area contributed by atoms with Gasteiger partial charge in [0.2, 0.25) is 5.88 Å². The second-order valence-corrected chi connectivity index (χ2v) is 9.05. The minimum Gasteiger partial charge on any atom is -0.473 e. The van der Waals surface area contributed by atoms with Crippen LogP contribution in [0.3, 0.4) is 0 Å². The summed E-state index contributed by atoms with van der Waals surface area (Å²) in [6.45, 7) is 2.65. The average Bonchev–Trinajstić information content (AvgIpc) is 3.69. The van der Waals surface area contributed by atoms with Crippen LogP contribution < -0.4 is 26.4 Å². The molecule has 4 rings (SSSR count). The Hall–Kier alpha value is -4.06. The Labute approximate surface area is 218 Å². The number of halogens is 2. The first kappa shape index (κ1) is 27.0. The van der Waals surface area contributed by atoms with Crippen LogP contribution in [0.25, 0.3) is 5.69 Å². The molecule has 38 heavy (non-hydrogen) atoms. The van der Waals surface area contributed by atoms with Crippen LogP contribution in [0.2, 0.25) is 0 Å². The maximum Gasteiger partial charge on any atom is 0.254 e. The third-order valence-electron chi connectivity index (χ3n) is 6.02. The Morgan fingerprint density at radius 2 is 1.95 bits per heavy atom. The third-order valence-corrected chi connectivity index (χ3v) is 6.02. The number of hydrogen-bond donors (Lipinski definition) is 3. The zero-order valence-electron chi connectivity index (χ0n) is 20.8. The first-order valence-electron chi connectivity index (χ1n) is 11.9. The molecule has 1 heterocycles. The number of carbonyl (C=O) groups excluding carboxylic acids is 2. The van der Waals surface area contributed by atoms with Gasteiger partial charge in [-0.2, -0.15) is 0 Å². The number of amides is 2. The van der Waals surface area contributed by atoms with Crippen LogP contribution in [-0.2, 0) is 11.4 Å². The maximum absolute atomic E-state index is 13.9. The predicted molar refractivity (Wildman–Crippen MR) is 135 cm³/mol. The predicted octanol–water partition coefficient (Wildman–Crippen LogP) is 0.870. The van der Waals surface area contributed by atoms with Gasteiger partial charge >= 0.3 is 0 Å². The van der Waals surface area contributed by atoms with Crippen molar-refractivity contribution >= 4 is 25.1 Å². The molecule has 2 amide bonds. The largest absolute Gasteiger partial charge is 0.473 e. The van der Waals surface area contributed by atoms with Gasteiger partial charge in [0.15, 0.2) is 0 Å². The second kappa shape index (κ2) is 11.1. The van der Waals surface area contributed by atoms with E-state index < -0.39 is 35.1 Å². The average molecular weight is 522 g/mol. The normalized spacial score (nSPS) is 13.6. The summed E-state index contributed by atoms with van der Waals surface area (Å²) in [4.78, 5) is 42.0. The van der Waals surface area contributed by atoms with Crippen LogP contribution in [-0.4, -0.2) is 53.0 Å². The Bertz CT molecular complexity index is 1460. The van der Waals surface area contributed by atoms with Crippen LogP contribution in [0.15, 0.2) is 41.2 Å². The van der Waals surface area contributed by atoms with E-state index in [2.05, 4.69) is 15.6 Å². The molecule has 1 aromatic heterocycles. The molecule has 12 heteroatoms. The lowest BCUT2D eigenvalue weighted by molar-refractivity contribution is -0.129. The molecular formula is C26H25BF2N4O5. The lowest BCUT2D eigenvalue weighted by Crippen LogP contribution is -2.43. The minimum absolute atomic E-state index is 0.0547. The van der Waals surface area contributed by atoms with E-state index in [0.29, 0.717) is 17.3 Å². The van der Waals surface area contributed by atoms with E-state index in [-0.39, 0.29) is 47.5 Å². The number of benzene rings is 2. The van der Waals surface area contributed by atoms with Gasteiger partial charge in [-0.15, -0.1) is 0 Å². The summed E-state index contributed by atoms with van der Waals surface area (Å²) in [6.07, 6.45) is 0.346. The number of carbonyl (C=O) groups is 2. The number of nitrogens with one attached hydrogen (secondary N) is 2. The standard InChI is InChI=1S/C26H25BF2N4O5/c1-13-3-4-15(23(35)30-11-21(34)24(36)32-18-7-8-18)9-20(13)33-14(2)31-25(22(27)26(33)37)38-12-16-5-6-17(28)10-19(16)29/h3-6,9-10,18,21,34H,7-8,11-12H2,1-2H3,(H,30,35)(H,32,36). The van der Waals surface area contributed by atoms with E-state index in [9.17, 15) is 28.3 Å². The van der Waals surface area contributed by atoms with Crippen molar-refractivity contribution in [1.29, 1.82) is 0 Å². The highest BCUT2D eigenvalue weighted by Gasteiger charge is 2.26. The highest BCUT2D eigenvalue weighted by molar-refractivity contribution is 6.33. The summed E-state index contributed by atoms with van der Waals surface area (Å²) < 4.78 is 33.7. The molecule has 0 spiro atoms. The first-order valence-corrected chi connectivity index (χ1v) is 11.9. The van der Waals surface area contributed by atoms with E-state index in [4.69, 9.17) is 12.6 Å². The molecule has 0 saturated heterocycles. The van der Waals surface area contributed by atoms with E-state index in [1.807, 2.05) is 0 Å². The summed E-state index contributed by atoms with van der Waals surface area (Å²) in [7, 11) is 5.99. The number of nitrogens with zero attached hydrogens (tertiary/aromatic N) is 2. The van der Waals surface area contributed by atoms with Gasteiger partial charge in [0, 0.05) is 28.7 Å². The van der Waals surface area contributed by atoms with E-state index in [1.54, 1.807) is 13.0 Å². The molecule has 1 fully saturated rings. The van der Waals surface area contributed by atoms with Crippen molar-refractivity contribution in [3.63, 3.8) is 0 Å². The van der Waals surface area contributed by atoms with Crippen LogP contribution >= 0.6 is 0 Å². The minimum atomic E-state index is -1.39. The lowest BCUT2D eigenvalue weighted by Gasteiger charge is -2.17. The fraction of sp³-hybridized carbons (Fsp3) is 0.308. The monoisotopic (exact) mass is 522 g/mol. The van der Waals surface area contributed by atoms with Gasteiger partial charge in [0.25, 0.3) is 17.4 Å². The van der Waals surface area contributed by atoms with E-state index in [1.165, 1.54) is 29.7 Å². The molecule has 1 unspecified atom stereocenters. The first-order chi connectivity index (χ1) is 18.0. The van der Waals surface area contributed by atoms with Gasteiger partial charge in [0.1, 0.15) is 38.0 Å². The van der Waals surface area contributed by atoms with E-state index in [0.717, 1.165) is 18.9 Å². The Kier molecular flexibility index (Phi) is 7.91. The van der Waals surface area contributed by atoms with Crippen molar-refractivity contribution in [1.82, 2.24) is 20.2 Å².